The molecule has 4 rings (SSSR count). The molecule has 0 spiro atoms. The summed E-state index contributed by atoms with van der Waals surface area (Å²) in [5.41, 5.74) is 1.87. The third-order valence-electron chi connectivity index (χ3n) is 5.94. The number of hydrogen-bond acceptors (Lipinski definition) is 5. The molecule has 3 aromatic rings. The summed E-state index contributed by atoms with van der Waals surface area (Å²) in [6.45, 7) is 5.56. The van der Waals surface area contributed by atoms with Crippen LogP contribution in [0.25, 0.3) is 0 Å². The lowest BCUT2D eigenvalue weighted by Gasteiger charge is -2.38. The number of ether oxygens (including phenoxy) is 2. The molecular weight excluding hydrogens is 464 g/mol. The number of nitrogens with one attached hydrogen (secondary N) is 1. The fraction of sp³-hybridized carbons (Fsp3) is 0.296. The third-order valence-corrected chi connectivity index (χ3v) is 7.72. The SMILES string of the molecule is COc1ccc(S(=O)(=O)N(CC(=O)NC2CC(C)(C)Oc3ccc(C)cc32)c2ccccc2)cc1. The first kappa shape index (κ1) is 24.6. The molecule has 0 aliphatic carbocycles. The number of carbonyl (C=O) groups excluding carboxylic acids is 1. The Bertz CT molecular complexity index is 1310. The maximum absolute atomic E-state index is 13.6. The van der Waals surface area contributed by atoms with E-state index >= 15 is 0 Å². The van der Waals surface area contributed by atoms with Crippen LogP contribution in [0.5, 0.6) is 11.5 Å². The van der Waals surface area contributed by atoms with E-state index in [0.717, 1.165) is 21.2 Å². The number of para-hydroxylation sites is 1. The summed E-state index contributed by atoms with van der Waals surface area (Å²) in [7, 11) is -2.50. The minimum Gasteiger partial charge on any atom is -0.497 e. The predicted octanol–water partition coefficient (Wildman–Crippen LogP) is 4.62. The number of benzene rings is 3. The Hall–Kier alpha value is -3.52. The van der Waals surface area contributed by atoms with Crippen LogP contribution in [0.15, 0.2) is 77.7 Å². The van der Waals surface area contributed by atoms with Gasteiger partial charge in [-0.1, -0.05) is 35.9 Å². The van der Waals surface area contributed by atoms with Crippen molar-refractivity contribution in [1.82, 2.24) is 5.32 Å². The minimum atomic E-state index is -4.01. The van der Waals surface area contributed by atoms with Crippen molar-refractivity contribution in [3.63, 3.8) is 0 Å². The average Bonchev–Trinajstić information content (AvgIpc) is 2.83. The van der Waals surface area contributed by atoms with Crippen molar-refractivity contribution in [1.29, 1.82) is 0 Å². The number of methoxy groups -OCH3 is 1. The van der Waals surface area contributed by atoms with Crippen LogP contribution in [-0.4, -0.2) is 33.6 Å². The van der Waals surface area contributed by atoms with Crippen molar-refractivity contribution < 1.29 is 22.7 Å². The van der Waals surface area contributed by atoms with Gasteiger partial charge >= 0.3 is 0 Å². The fourth-order valence-corrected chi connectivity index (χ4v) is 5.68. The first-order chi connectivity index (χ1) is 16.6. The van der Waals surface area contributed by atoms with E-state index in [9.17, 15) is 13.2 Å². The van der Waals surface area contributed by atoms with Crippen molar-refractivity contribution >= 4 is 21.6 Å². The number of hydrogen-bond donors (Lipinski definition) is 1. The molecule has 184 valence electrons. The molecule has 0 saturated heterocycles. The topological polar surface area (TPSA) is 84.9 Å². The molecule has 1 atom stereocenters. The standard InChI is InChI=1S/C27H30N2O5S/c1-19-10-15-25-23(16-19)24(17-27(2,3)34-25)28-26(30)18-29(20-8-6-5-7-9-20)35(31,32)22-13-11-21(33-4)12-14-22/h5-16,24H,17-18H2,1-4H3,(H,28,30). The van der Waals surface area contributed by atoms with E-state index in [-0.39, 0.29) is 17.5 Å². The number of anilines is 1. The number of fused-ring (bicyclic) bond motifs is 1. The lowest BCUT2D eigenvalue weighted by Crippen LogP contribution is -2.45. The van der Waals surface area contributed by atoms with Gasteiger partial charge in [-0.2, -0.15) is 0 Å². The first-order valence-electron chi connectivity index (χ1n) is 11.4. The summed E-state index contributed by atoms with van der Waals surface area (Å²) in [6.07, 6.45) is 0.561. The number of nitrogens with zero attached hydrogens (tertiary/aromatic N) is 1. The molecule has 3 aromatic carbocycles. The summed E-state index contributed by atoms with van der Waals surface area (Å²) in [5.74, 6) is 0.869. The number of sulfonamides is 1. The maximum Gasteiger partial charge on any atom is 0.264 e. The molecule has 0 bridgehead atoms. The zero-order chi connectivity index (χ0) is 25.2. The Kier molecular flexibility index (Phi) is 6.76. The largest absolute Gasteiger partial charge is 0.497 e. The molecule has 35 heavy (non-hydrogen) atoms. The van der Waals surface area contributed by atoms with Gasteiger partial charge in [-0.3, -0.25) is 9.10 Å². The van der Waals surface area contributed by atoms with Crippen LogP contribution in [0.3, 0.4) is 0 Å². The second-order valence-electron chi connectivity index (χ2n) is 9.25. The molecule has 1 unspecified atom stereocenters. The van der Waals surface area contributed by atoms with Gasteiger partial charge in [0.15, 0.2) is 0 Å². The Morgan fingerprint density at radius 1 is 1.09 bits per heavy atom. The summed E-state index contributed by atoms with van der Waals surface area (Å²) < 4.78 is 39.6. The fourth-order valence-electron chi connectivity index (χ4n) is 4.26. The summed E-state index contributed by atoms with van der Waals surface area (Å²) in [5, 5.41) is 3.05. The Balaban J connectivity index is 1.63. The smallest absolute Gasteiger partial charge is 0.264 e. The van der Waals surface area contributed by atoms with Crippen LogP contribution in [0, 0.1) is 6.92 Å². The molecule has 0 radical (unpaired) electrons. The highest BCUT2D eigenvalue weighted by Crippen LogP contribution is 2.40. The van der Waals surface area contributed by atoms with Crippen LogP contribution < -0.4 is 19.1 Å². The summed E-state index contributed by atoms with van der Waals surface area (Å²) >= 11 is 0. The highest BCUT2D eigenvalue weighted by molar-refractivity contribution is 7.92. The van der Waals surface area contributed by atoms with Crippen molar-refractivity contribution in [3.8, 4) is 11.5 Å². The number of carbonyl (C=O) groups is 1. The Morgan fingerprint density at radius 3 is 2.43 bits per heavy atom. The molecule has 1 aliphatic heterocycles. The highest BCUT2D eigenvalue weighted by atomic mass is 32.2. The van der Waals surface area contributed by atoms with Gasteiger partial charge in [-0.15, -0.1) is 0 Å². The van der Waals surface area contributed by atoms with Gasteiger partial charge in [0, 0.05) is 12.0 Å². The van der Waals surface area contributed by atoms with E-state index in [4.69, 9.17) is 9.47 Å². The van der Waals surface area contributed by atoms with Crippen LogP contribution >= 0.6 is 0 Å². The van der Waals surface area contributed by atoms with E-state index < -0.39 is 21.5 Å². The van der Waals surface area contributed by atoms with Crippen molar-refractivity contribution in [2.45, 2.75) is 43.7 Å². The summed E-state index contributed by atoms with van der Waals surface area (Å²) in [4.78, 5) is 13.4. The van der Waals surface area contributed by atoms with E-state index in [1.54, 1.807) is 42.5 Å². The van der Waals surface area contributed by atoms with E-state index in [1.165, 1.54) is 19.2 Å². The lowest BCUT2D eigenvalue weighted by molar-refractivity contribution is -0.120. The van der Waals surface area contributed by atoms with Gasteiger partial charge < -0.3 is 14.8 Å². The molecule has 1 aliphatic rings. The molecule has 0 saturated carbocycles. The van der Waals surface area contributed by atoms with Crippen molar-refractivity contribution in [3.05, 3.63) is 83.9 Å². The number of rotatable bonds is 7. The van der Waals surface area contributed by atoms with Crippen molar-refractivity contribution in [2.24, 2.45) is 0 Å². The Morgan fingerprint density at radius 2 is 1.77 bits per heavy atom. The van der Waals surface area contributed by atoms with E-state index in [2.05, 4.69) is 5.32 Å². The molecule has 8 heteroatoms. The molecular formula is C27H30N2O5S. The van der Waals surface area contributed by atoms with Crippen molar-refractivity contribution in [2.75, 3.05) is 18.0 Å². The van der Waals surface area contributed by atoms with Gasteiger partial charge in [-0.25, -0.2) is 8.42 Å². The maximum atomic E-state index is 13.6. The second kappa shape index (κ2) is 9.62. The highest BCUT2D eigenvalue weighted by Gasteiger charge is 2.35. The van der Waals surface area contributed by atoms with Gasteiger partial charge in [0.1, 0.15) is 23.6 Å². The molecule has 7 nitrogen and oxygen atoms in total. The van der Waals surface area contributed by atoms with E-state index in [1.807, 2.05) is 39.0 Å². The van der Waals surface area contributed by atoms with Crippen LogP contribution in [0.2, 0.25) is 0 Å². The second-order valence-corrected chi connectivity index (χ2v) is 11.1. The summed E-state index contributed by atoms with van der Waals surface area (Å²) in [6, 6.07) is 20.3. The van der Waals surface area contributed by atoms with Crippen LogP contribution in [0.1, 0.15) is 37.4 Å². The van der Waals surface area contributed by atoms with Gasteiger partial charge in [-0.05, 0) is 63.2 Å². The average molecular weight is 495 g/mol. The number of amides is 1. The van der Waals surface area contributed by atoms with E-state index in [0.29, 0.717) is 17.9 Å². The van der Waals surface area contributed by atoms with Gasteiger partial charge in [0.2, 0.25) is 5.91 Å². The van der Waals surface area contributed by atoms with Gasteiger partial charge in [0.25, 0.3) is 10.0 Å². The monoisotopic (exact) mass is 494 g/mol. The lowest BCUT2D eigenvalue weighted by atomic mass is 9.89. The Labute approximate surface area is 206 Å². The zero-order valence-electron chi connectivity index (χ0n) is 20.3. The third kappa shape index (κ3) is 5.43. The zero-order valence-corrected chi connectivity index (χ0v) is 21.1. The quantitative estimate of drug-likeness (QED) is 0.518. The molecule has 1 amide bonds. The van der Waals surface area contributed by atoms with Crippen LogP contribution in [-0.2, 0) is 14.8 Å². The molecule has 0 aromatic heterocycles. The van der Waals surface area contributed by atoms with Gasteiger partial charge in [0.05, 0.1) is 23.7 Å². The molecule has 1 N–H and O–H groups in total. The molecule has 1 heterocycles. The van der Waals surface area contributed by atoms with Crippen LogP contribution in [0.4, 0.5) is 5.69 Å². The molecule has 0 fully saturated rings. The normalized spacial score (nSPS) is 16.5. The first-order valence-corrected chi connectivity index (χ1v) is 12.8. The number of aryl methyl sites for hydroxylation is 1. The minimum absolute atomic E-state index is 0.0723. The predicted molar refractivity (Wildman–Crippen MR) is 135 cm³/mol.